The molecule has 0 saturated heterocycles. The van der Waals surface area contributed by atoms with E-state index < -0.39 is 0 Å². The standard InChI is InChI=1S/C14H14N4O2S/c1-7(2)8-6-10(19)17-18-11(8)13-12(16-14(15)21-13)9-4-3-5-20-9/h3-7H,1-2H3,(H2,15,16)(H,17,19). The van der Waals surface area contributed by atoms with Gasteiger partial charge in [0.25, 0.3) is 5.56 Å². The molecule has 0 aliphatic heterocycles. The van der Waals surface area contributed by atoms with Gasteiger partial charge in [0.15, 0.2) is 10.9 Å². The Morgan fingerprint density at radius 1 is 1.38 bits per heavy atom. The third kappa shape index (κ3) is 2.47. The molecule has 0 unspecified atom stereocenters. The minimum atomic E-state index is -0.223. The normalized spacial score (nSPS) is 11.2. The van der Waals surface area contributed by atoms with Crippen LogP contribution in [0.2, 0.25) is 0 Å². The molecule has 108 valence electrons. The molecule has 0 atom stereocenters. The first-order chi connectivity index (χ1) is 10.1. The summed E-state index contributed by atoms with van der Waals surface area (Å²) in [6.45, 7) is 4.02. The van der Waals surface area contributed by atoms with E-state index in [1.807, 2.05) is 19.9 Å². The first-order valence-corrected chi connectivity index (χ1v) is 7.28. The zero-order valence-electron chi connectivity index (χ0n) is 11.6. The van der Waals surface area contributed by atoms with E-state index in [0.29, 0.717) is 22.3 Å². The summed E-state index contributed by atoms with van der Waals surface area (Å²) >= 11 is 1.33. The second-order valence-electron chi connectivity index (χ2n) is 4.90. The summed E-state index contributed by atoms with van der Waals surface area (Å²) in [7, 11) is 0. The lowest BCUT2D eigenvalue weighted by atomic mass is 10.0. The Balaban J connectivity index is 2.25. The average molecular weight is 302 g/mol. The topological polar surface area (TPSA) is 97.8 Å². The quantitative estimate of drug-likeness (QED) is 0.775. The highest BCUT2D eigenvalue weighted by Gasteiger charge is 2.21. The Morgan fingerprint density at radius 3 is 2.86 bits per heavy atom. The molecule has 0 aliphatic carbocycles. The number of hydrogen-bond donors (Lipinski definition) is 2. The number of aromatic nitrogens is 3. The van der Waals surface area contributed by atoms with E-state index in [1.165, 1.54) is 11.3 Å². The summed E-state index contributed by atoms with van der Waals surface area (Å²) < 4.78 is 5.41. The molecule has 0 bridgehead atoms. The van der Waals surface area contributed by atoms with Crippen LogP contribution in [-0.2, 0) is 0 Å². The molecule has 21 heavy (non-hydrogen) atoms. The van der Waals surface area contributed by atoms with Crippen LogP contribution in [-0.4, -0.2) is 15.2 Å². The Bertz CT molecular complexity index is 818. The number of furan rings is 1. The van der Waals surface area contributed by atoms with Gasteiger partial charge in [-0.1, -0.05) is 25.2 Å². The minimum Gasteiger partial charge on any atom is -0.463 e. The van der Waals surface area contributed by atoms with Crippen molar-refractivity contribution in [2.45, 2.75) is 19.8 Å². The molecule has 0 spiro atoms. The van der Waals surface area contributed by atoms with Gasteiger partial charge in [-0.05, 0) is 23.6 Å². The first-order valence-electron chi connectivity index (χ1n) is 6.46. The van der Waals surface area contributed by atoms with Gasteiger partial charge in [-0.3, -0.25) is 4.79 Å². The molecular formula is C14H14N4O2S. The van der Waals surface area contributed by atoms with Crippen molar-refractivity contribution in [3.8, 4) is 22.0 Å². The van der Waals surface area contributed by atoms with Crippen LogP contribution in [0.5, 0.6) is 0 Å². The number of nitrogen functional groups attached to an aromatic ring is 1. The Labute approximate surface area is 124 Å². The zero-order chi connectivity index (χ0) is 15.0. The van der Waals surface area contributed by atoms with E-state index in [4.69, 9.17) is 10.2 Å². The number of rotatable bonds is 3. The Hall–Kier alpha value is -2.41. The fraction of sp³-hybridized carbons (Fsp3) is 0.214. The van der Waals surface area contributed by atoms with Gasteiger partial charge in [-0.25, -0.2) is 10.1 Å². The largest absolute Gasteiger partial charge is 0.463 e. The van der Waals surface area contributed by atoms with Crippen LogP contribution >= 0.6 is 11.3 Å². The van der Waals surface area contributed by atoms with Gasteiger partial charge >= 0.3 is 0 Å². The van der Waals surface area contributed by atoms with E-state index in [9.17, 15) is 4.79 Å². The number of nitrogens with one attached hydrogen (secondary N) is 1. The van der Waals surface area contributed by atoms with Crippen LogP contribution in [0.25, 0.3) is 22.0 Å². The SMILES string of the molecule is CC(C)c1cc(=O)[nH]nc1-c1sc(N)nc1-c1ccco1. The molecule has 0 fully saturated rings. The molecule has 3 heterocycles. The lowest BCUT2D eigenvalue weighted by molar-refractivity contribution is 0.580. The van der Waals surface area contributed by atoms with Crippen molar-refractivity contribution >= 4 is 16.5 Å². The van der Waals surface area contributed by atoms with Gasteiger partial charge in [-0.15, -0.1) is 0 Å². The number of hydrogen-bond acceptors (Lipinski definition) is 6. The molecule has 0 amide bonds. The molecule has 3 aromatic heterocycles. The lowest BCUT2D eigenvalue weighted by Gasteiger charge is -2.09. The summed E-state index contributed by atoms with van der Waals surface area (Å²) in [4.78, 5) is 16.6. The first kappa shape index (κ1) is 13.6. The van der Waals surface area contributed by atoms with E-state index in [0.717, 1.165) is 10.4 Å². The fourth-order valence-electron chi connectivity index (χ4n) is 2.12. The number of H-pyrrole nitrogens is 1. The minimum absolute atomic E-state index is 0.155. The van der Waals surface area contributed by atoms with Crippen molar-refractivity contribution in [3.05, 3.63) is 40.4 Å². The van der Waals surface area contributed by atoms with Gasteiger partial charge in [0.2, 0.25) is 0 Å². The number of nitrogens with two attached hydrogens (primary N) is 1. The Morgan fingerprint density at radius 2 is 2.19 bits per heavy atom. The van der Waals surface area contributed by atoms with Crippen molar-refractivity contribution in [1.29, 1.82) is 0 Å². The highest BCUT2D eigenvalue weighted by molar-refractivity contribution is 7.19. The smallest absolute Gasteiger partial charge is 0.264 e. The second kappa shape index (κ2) is 5.17. The van der Waals surface area contributed by atoms with E-state index in [-0.39, 0.29) is 11.5 Å². The predicted octanol–water partition coefficient (Wildman–Crippen LogP) is 2.86. The molecule has 0 radical (unpaired) electrons. The van der Waals surface area contributed by atoms with E-state index in [2.05, 4.69) is 15.2 Å². The highest BCUT2D eigenvalue weighted by Crippen LogP contribution is 2.39. The van der Waals surface area contributed by atoms with Crippen LogP contribution in [0, 0.1) is 0 Å². The maximum Gasteiger partial charge on any atom is 0.264 e. The molecule has 7 heteroatoms. The second-order valence-corrected chi connectivity index (χ2v) is 5.93. The molecule has 0 aromatic carbocycles. The van der Waals surface area contributed by atoms with Crippen LogP contribution < -0.4 is 11.3 Å². The maximum atomic E-state index is 11.5. The molecule has 3 rings (SSSR count). The van der Waals surface area contributed by atoms with E-state index in [1.54, 1.807) is 18.4 Å². The number of nitrogens with zero attached hydrogens (tertiary/aromatic N) is 2. The van der Waals surface area contributed by atoms with Crippen molar-refractivity contribution in [3.63, 3.8) is 0 Å². The third-order valence-corrected chi connectivity index (χ3v) is 3.96. The fourth-order valence-corrected chi connectivity index (χ4v) is 2.97. The Kier molecular flexibility index (Phi) is 3.34. The van der Waals surface area contributed by atoms with Crippen molar-refractivity contribution < 1.29 is 4.42 Å². The average Bonchev–Trinajstić information content (AvgIpc) is 3.07. The van der Waals surface area contributed by atoms with Crippen molar-refractivity contribution in [2.75, 3.05) is 5.73 Å². The van der Waals surface area contributed by atoms with Crippen LogP contribution in [0.15, 0.2) is 33.7 Å². The molecule has 6 nitrogen and oxygen atoms in total. The number of aromatic amines is 1. The van der Waals surface area contributed by atoms with Gasteiger partial charge in [0.05, 0.1) is 11.1 Å². The van der Waals surface area contributed by atoms with Gasteiger partial charge in [0, 0.05) is 6.07 Å². The van der Waals surface area contributed by atoms with Crippen LogP contribution in [0.3, 0.4) is 0 Å². The number of anilines is 1. The molecule has 3 N–H and O–H groups in total. The molecule has 3 aromatic rings. The third-order valence-electron chi connectivity index (χ3n) is 3.07. The molecule has 0 saturated carbocycles. The van der Waals surface area contributed by atoms with Gasteiger partial charge in [0.1, 0.15) is 11.4 Å². The van der Waals surface area contributed by atoms with Gasteiger partial charge in [-0.2, -0.15) is 5.10 Å². The molecule has 0 aliphatic rings. The van der Waals surface area contributed by atoms with Gasteiger partial charge < -0.3 is 10.2 Å². The van der Waals surface area contributed by atoms with Crippen LogP contribution in [0.4, 0.5) is 5.13 Å². The van der Waals surface area contributed by atoms with Crippen molar-refractivity contribution in [1.82, 2.24) is 15.2 Å². The molecular weight excluding hydrogens is 288 g/mol. The highest BCUT2D eigenvalue weighted by atomic mass is 32.1. The van der Waals surface area contributed by atoms with Crippen LogP contribution in [0.1, 0.15) is 25.3 Å². The summed E-state index contributed by atoms with van der Waals surface area (Å²) in [5, 5.41) is 7.10. The zero-order valence-corrected chi connectivity index (χ0v) is 12.4. The van der Waals surface area contributed by atoms with E-state index >= 15 is 0 Å². The maximum absolute atomic E-state index is 11.5. The predicted molar refractivity (Wildman–Crippen MR) is 82.2 cm³/mol. The van der Waals surface area contributed by atoms with Crippen molar-refractivity contribution in [2.24, 2.45) is 0 Å². The monoisotopic (exact) mass is 302 g/mol. The number of thiazole rings is 1. The lowest BCUT2D eigenvalue weighted by Crippen LogP contribution is -2.11. The summed E-state index contributed by atoms with van der Waals surface area (Å²) in [6.07, 6.45) is 1.58. The summed E-state index contributed by atoms with van der Waals surface area (Å²) in [6, 6.07) is 5.17. The summed E-state index contributed by atoms with van der Waals surface area (Å²) in [5.41, 5.74) is 7.81. The summed E-state index contributed by atoms with van der Waals surface area (Å²) in [5.74, 6) is 0.781.